The van der Waals surface area contributed by atoms with Crippen molar-refractivity contribution in [2.24, 2.45) is 0 Å². The van der Waals surface area contributed by atoms with Gasteiger partial charge in [-0.1, -0.05) is 11.6 Å². The third kappa shape index (κ3) is 3.24. The highest BCUT2D eigenvalue weighted by Gasteiger charge is 2.10. The second kappa shape index (κ2) is 6.55. The molecule has 1 aromatic heterocycles. The van der Waals surface area contributed by atoms with Crippen LogP contribution in [0.15, 0.2) is 50.8 Å². The number of hydrogen-bond acceptors (Lipinski definition) is 4. The van der Waals surface area contributed by atoms with Crippen molar-refractivity contribution in [1.82, 2.24) is 9.66 Å². The molecule has 7 heteroatoms. The molecule has 0 bridgehead atoms. The van der Waals surface area contributed by atoms with E-state index in [0.717, 1.165) is 20.6 Å². The first-order valence-corrected chi connectivity index (χ1v) is 9.17. The van der Waals surface area contributed by atoms with Crippen molar-refractivity contribution >= 4 is 55.9 Å². The Balaban J connectivity index is 2.13. The zero-order valence-electron chi connectivity index (χ0n) is 12.4. The van der Waals surface area contributed by atoms with E-state index >= 15 is 0 Å². The fourth-order valence-corrected chi connectivity index (χ4v) is 3.68. The van der Waals surface area contributed by atoms with Gasteiger partial charge in [0.1, 0.15) is 6.33 Å². The third-order valence-electron chi connectivity index (χ3n) is 3.36. The summed E-state index contributed by atoms with van der Waals surface area (Å²) in [5, 5.41) is 1.16. The maximum atomic E-state index is 12.7. The summed E-state index contributed by atoms with van der Waals surface area (Å²) in [6.45, 7) is 1.94. The number of rotatable bonds is 3. The lowest BCUT2D eigenvalue weighted by Crippen LogP contribution is -2.27. The Hall–Kier alpha value is -1.50. The Morgan fingerprint density at radius 1 is 1.30 bits per heavy atom. The highest BCUT2D eigenvalue weighted by Crippen LogP contribution is 2.28. The van der Waals surface area contributed by atoms with Crippen LogP contribution in [0.5, 0.6) is 0 Å². The van der Waals surface area contributed by atoms with Crippen molar-refractivity contribution < 1.29 is 0 Å². The van der Waals surface area contributed by atoms with Gasteiger partial charge in [0.05, 0.1) is 16.6 Å². The fourth-order valence-electron chi connectivity index (χ4n) is 2.30. The molecule has 118 valence electrons. The Morgan fingerprint density at radius 2 is 2.09 bits per heavy atom. The van der Waals surface area contributed by atoms with Gasteiger partial charge in [-0.05, 0) is 65.0 Å². The highest BCUT2D eigenvalue weighted by atomic mass is 79.9. The molecular weight excluding hydrogens is 398 g/mol. The SMILES string of the molecule is CSc1ccc(Cl)cc1Nn1cnc2c(Br)cc(C)cc2c1=O. The summed E-state index contributed by atoms with van der Waals surface area (Å²) in [4.78, 5) is 18.1. The standard InChI is InChI=1S/C16H13BrClN3OS/c1-9-5-11-15(12(17)6-9)19-8-21(16(11)22)20-13-7-10(18)3-4-14(13)23-2/h3-8,20H,1-2H3. The van der Waals surface area contributed by atoms with Gasteiger partial charge in [0.2, 0.25) is 0 Å². The van der Waals surface area contributed by atoms with Crippen molar-refractivity contribution in [3.05, 3.63) is 62.1 Å². The minimum Gasteiger partial charge on any atom is -0.289 e. The van der Waals surface area contributed by atoms with Crippen LogP contribution in [-0.2, 0) is 0 Å². The van der Waals surface area contributed by atoms with Gasteiger partial charge < -0.3 is 0 Å². The van der Waals surface area contributed by atoms with Gasteiger partial charge >= 0.3 is 0 Å². The van der Waals surface area contributed by atoms with Crippen LogP contribution in [0.2, 0.25) is 5.02 Å². The second-order valence-electron chi connectivity index (χ2n) is 5.02. The van der Waals surface area contributed by atoms with E-state index in [9.17, 15) is 4.79 Å². The Kier molecular flexibility index (Phi) is 4.66. The number of halogens is 2. The summed E-state index contributed by atoms with van der Waals surface area (Å²) in [7, 11) is 0. The molecule has 3 aromatic rings. The predicted octanol–water partition coefficient (Wildman–Crippen LogP) is 4.72. The van der Waals surface area contributed by atoms with Gasteiger partial charge in [-0.3, -0.25) is 10.2 Å². The molecule has 0 fully saturated rings. The number of anilines is 1. The van der Waals surface area contributed by atoms with Crippen molar-refractivity contribution in [2.75, 3.05) is 11.7 Å². The minimum atomic E-state index is -0.161. The summed E-state index contributed by atoms with van der Waals surface area (Å²) in [6, 6.07) is 9.29. The summed E-state index contributed by atoms with van der Waals surface area (Å²) < 4.78 is 2.18. The van der Waals surface area contributed by atoms with E-state index in [4.69, 9.17) is 11.6 Å². The van der Waals surface area contributed by atoms with Crippen molar-refractivity contribution in [3.8, 4) is 0 Å². The minimum absolute atomic E-state index is 0.161. The molecule has 0 saturated carbocycles. The number of nitrogens with zero attached hydrogens (tertiary/aromatic N) is 2. The van der Waals surface area contributed by atoms with Gasteiger partial charge in [0, 0.05) is 14.4 Å². The number of thioether (sulfide) groups is 1. The summed E-state index contributed by atoms with van der Waals surface area (Å²) >= 11 is 11.1. The van der Waals surface area contributed by atoms with Crippen LogP contribution < -0.4 is 11.0 Å². The zero-order chi connectivity index (χ0) is 16.6. The first-order chi connectivity index (χ1) is 11.0. The van der Waals surface area contributed by atoms with Crippen LogP contribution in [0.25, 0.3) is 10.9 Å². The molecule has 2 aromatic carbocycles. The van der Waals surface area contributed by atoms with E-state index in [2.05, 4.69) is 26.3 Å². The molecule has 0 spiro atoms. The Morgan fingerprint density at radius 3 is 2.83 bits per heavy atom. The molecule has 0 saturated heterocycles. The molecule has 0 unspecified atom stereocenters. The molecular formula is C16H13BrClN3OS. The molecule has 0 aliphatic carbocycles. The van der Waals surface area contributed by atoms with E-state index in [0.29, 0.717) is 15.9 Å². The van der Waals surface area contributed by atoms with Crippen LogP contribution in [0.1, 0.15) is 5.56 Å². The molecule has 0 aliphatic rings. The van der Waals surface area contributed by atoms with Crippen LogP contribution in [0.4, 0.5) is 5.69 Å². The molecule has 0 amide bonds. The average molecular weight is 411 g/mol. The van der Waals surface area contributed by atoms with E-state index in [-0.39, 0.29) is 5.56 Å². The van der Waals surface area contributed by atoms with Crippen molar-refractivity contribution in [2.45, 2.75) is 11.8 Å². The average Bonchev–Trinajstić information content (AvgIpc) is 2.51. The second-order valence-corrected chi connectivity index (χ2v) is 7.16. The molecule has 1 heterocycles. The quantitative estimate of drug-likeness (QED) is 0.635. The third-order valence-corrected chi connectivity index (χ3v) is 5.00. The monoisotopic (exact) mass is 409 g/mol. The molecule has 0 aliphatic heterocycles. The number of nitrogens with one attached hydrogen (secondary N) is 1. The maximum Gasteiger partial charge on any atom is 0.280 e. The van der Waals surface area contributed by atoms with Gasteiger partial charge in [0.15, 0.2) is 0 Å². The lowest BCUT2D eigenvalue weighted by Gasteiger charge is -2.13. The summed E-state index contributed by atoms with van der Waals surface area (Å²) in [5.41, 5.74) is 5.33. The van der Waals surface area contributed by atoms with Crippen LogP contribution in [0, 0.1) is 6.92 Å². The van der Waals surface area contributed by atoms with E-state index in [1.54, 1.807) is 17.8 Å². The molecule has 3 rings (SSSR count). The fraction of sp³-hybridized carbons (Fsp3) is 0.125. The van der Waals surface area contributed by atoms with Gasteiger partial charge in [-0.2, -0.15) is 0 Å². The molecule has 23 heavy (non-hydrogen) atoms. The lowest BCUT2D eigenvalue weighted by atomic mass is 10.2. The van der Waals surface area contributed by atoms with E-state index < -0.39 is 0 Å². The van der Waals surface area contributed by atoms with Crippen LogP contribution >= 0.6 is 39.3 Å². The summed E-state index contributed by atoms with van der Waals surface area (Å²) in [6.07, 6.45) is 3.45. The largest absolute Gasteiger partial charge is 0.289 e. The van der Waals surface area contributed by atoms with Gasteiger partial charge in [-0.15, -0.1) is 11.8 Å². The predicted molar refractivity (Wildman–Crippen MR) is 101 cm³/mol. The van der Waals surface area contributed by atoms with Gasteiger partial charge in [-0.25, -0.2) is 9.66 Å². The van der Waals surface area contributed by atoms with Crippen molar-refractivity contribution in [1.29, 1.82) is 0 Å². The number of benzene rings is 2. The Labute approximate surface area is 151 Å². The van der Waals surface area contributed by atoms with E-state index in [1.165, 1.54) is 11.0 Å². The molecule has 0 radical (unpaired) electrons. The topological polar surface area (TPSA) is 46.9 Å². The molecule has 1 N–H and O–H groups in total. The lowest BCUT2D eigenvalue weighted by molar-refractivity contribution is 0.874. The highest BCUT2D eigenvalue weighted by molar-refractivity contribution is 9.10. The normalized spacial score (nSPS) is 11.0. The molecule has 0 atom stereocenters. The first-order valence-electron chi connectivity index (χ1n) is 6.77. The number of fused-ring (bicyclic) bond motifs is 1. The Bertz CT molecular complexity index is 958. The number of hydrogen-bond donors (Lipinski definition) is 1. The smallest absolute Gasteiger partial charge is 0.280 e. The van der Waals surface area contributed by atoms with Gasteiger partial charge in [0.25, 0.3) is 5.56 Å². The van der Waals surface area contributed by atoms with Crippen molar-refractivity contribution in [3.63, 3.8) is 0 Å². The number of aryl methyl sites for hydroxylation is 1. The summed E-state index contributed by atoms with van der Waals surface area (Å²) in [5.74, 6) is 0. The van der Waals surface area contributed by atoms with Crippen LogP contribution in [0.3, 0.4) is 0 Å². The zero-order valence-corrected chi connectivity index (χ0v) is 15.6. The first kappa shape index (κ1) is 16.4. The van der Waals surface area contributed by atoms with E-state index in [1.807, 2.05) is 37.4 Å². The van der Waals surface area contributed by atoms with Crippen LogP contribution in [-0.4, -0.2) is 15.9 Å². The number of aromatic nitrogens is 2. The molecule has 4 nitrogen and oxygen atoms in total. The maximum absolute atomic E-state index is 12.7.